The maximum Gasteiger partial charge on any atom is 0.249 e. The normalized spacial score (nSPS) is 14.1. The monoisotopic (exact) mass is 280 g/mol. The molecule has 1 N–H and O–H groups in total. The van der Waals surface area contributed by atoms with E-state index in [1.54, 1.807) is 18.4 Å². The van der Waals surface area contributed by atoms with E-state index in [2.05, 4.69) is 11.4 Å². The van der Waals surface area contributed by atoms with Crippen molar-refractivity contribution in [3.05, 3.63) is 33.5 Å². The number of hydrogen-bond donors (Lipinski definition) is 1. The molecule has 0 aliphatic carbocycles. The molecule has 0 aromatic carbocycles. The second-order valence-electron chi connectivity index (χ2n) is 4.63. The molecule has 0 unspecified atom stereocenters. The van der Waals surface area contributed by atoms with Gasteiger partial charge < -0.3 is 15.0 Å². The van der Waals surface area contributed by atoms with Gasteiger partial charge in [0.1, 0.15) is 0 Å². The van der Waals surface area contributed by atoms with Crippen molar-refractivity contribution in [1.29, 1.82) is 0 Å². The van der Waals surface area contributed by atoms with Crippen LogP contribution in [0.1, 0.15) is 11.8 Å². The summed E-state index contributed by atoms with van der Waals surface area (Å²) in [5.41, 5.74) is 2.10. The van der Waals surface area contributed by atoms with Gasteiger partial charge in [-0.2, -0.15) is 0 Å². The molecule has 19 heavy (non-hydrogen) atoms. The lowest BCUT2D eigenvalue weighted by atomic mass is 10.0. The van der Waals surface area contributed by atoms with Crippen molar-refractivity contribution in [3.8, 4) is 0 Å². The molecular weight excluding hydrogens is 260 g/mol. The molecule has 5 heteroatoms. The first-order chi connectivity index (χ1) is 9.22. The van der Waals surface area contributed by atoms with Gasteiger partial charge in [-0.15, -0.1) is 11.3 Å². The zero-order valence-corrected chi connectivity index (χ0v) is 12.3. The van der Waals surface area contributed by atoms with Crippen molar-refractivity contribution in [1.82, 2.24) is 10.2 Å². The summed E-state index contributed by atoms with van der Waals surface area (Å²) in [7, 11) is 1.66. The second kappa shape index (κ2) is 6.84. The van der Waals surface area contributed by atoms with Crippen LogP contribution >= 0.6 is 11.3 Å². The van der Waals surface area contributed by atoms with E-state index in [0.717, 1.165) is 18.7 Å². The number of rotatable bonds is 6. The third-order valence-electron chi connectivity index (χ3n) is 3.31. The Morgan fingerprint density at radius 2 is 2.32 bits per heavy atom. The van der Waals surface area contributed by atoms with Crippen molar-refractivity contribution in [2.75, 3.05) is 33.4 Å². The summed E-state index contributed by atoms with van der Waals surface area (Å²) >= 11 is 1.68. The number of nitrogens with one attached hydrogen (secondary N) is 1. The van der Waals surface area contributed by atoms with Gasteiger partial charge >= 0.3 is 0 Å². The molecule has 1 aliphatic rings. The number of ether oxygens (including phenoxy) is 1. The van der Waals surface area contributed by atoms with Gasteiger partial charge in [0.25, 0.3) is 0 Å². The Morgan fingerprint density at radius 1 is 1.53 bits per heavy atom. The minimum Gasteiger partial charge on any atom is -0.383 e. The van der Waals surface area contributed by atoms with Crippen LogP contribution in [0.4, 0.5) is 0 Å². The number of amides is 1. The summed E-state index contributed by atoms with van der Waals surface area (Å²) in [5, 5.41) is 5.21. The third kappa shape index (κ3) is 3.65. The minimum atomic E-state index is 0.127. The number of hydrogen-bond acceptors (Lipinski definition) is 4. The van der Waals surface area contributed by atoms with Crippen LogP contribution in [0.3, 0.4) is 0 Å². The van der Waals surface area contributed by atoms with Gasteiger partial charge in [-0.3, -0.25) is 4.79 Å². The zero-order chi connectivity index (χ0) is 13.7. The van der Waals surface area contributed by atoms with Crippen LogP contribution in [0, 0.1) is 0 Å². The van der Waals surface area contributed by atoms with E-state index >= 15 is 0 Å². The van der Waals surface area contributed by atoms with Gasteiger partial charge in [-0.1, -0.05) is 6.07 Å². The van der Waals surface area contributed by atoms with Crippen molar-refractivity contribution >= 4 is 17.2 Å². The Morgan fingerprint density at radius 3 is 2.84 bits per heavy atom. The maximum absolute atomic E-state index is 12.5. The van der Waals surface area contributed by atoms with Gasteiger partial charge in [0.15, 0.2) is 0 Å². The number of carbonyl (C=O) groups excluding carboxylic acids is 1. The first-order valence-electron chi connectivity index (χ1n) is 6.42. The Labute approximate surface area is 118 Å². The highest BCUT2D eigenvalue weighted by molar-refractivity contribution is 7.09. The molecule has 0 atom stereocenters. The zero-order valence-electron chi connectivity index (χ0n) is 11.4. The topological polar surface area (TPSA) is 41.6 Å². The fraction of sp³-hybridized carbons (Fsp3) is 0.500. The van der Waals surface area contributed by atoms with E-state index in [1.807, 2.05) is 23.3 Å². The molecule has 1 amide bonds. The van der Waals surface area contributed by atoms with Crippen LogP contribution in [0.2, 0.25) is 0 Å². The molecule has 1 aromatic rings. The quantitative estimate of drug-likeness (QED) is 0.806. The highest BCUT2D eigenvalue weighted by Gasteiger charge is 2.21. The number of nitrogens with zero attached hydrogens (tertiary/aromatic N) is 1. The van der Waals surface area contributed by atoms with Gasteiger partial charge in [0, 0.05) is 37.2 Å². The number of methoxy groups -OCH3 is 1. The molecule has 1 fully saturated rings. The Bertz CT molecular complexity index is 448. The van der Waals surface area contributed by atoms with Crippen LogP contribution in [0.15, 0.2) is 28.7 Å². The Kier molecular flexibility index (Phi) is 5.13. The summed E-state index contributed by atoms with van der Waals surface area (Å²) in [6, 6.07) is 4.07. The molecule has 2 heterocycles. The first-order valence-corrected chi connectivity index (χ1v) is 7.30. The summed E-state index contributed by atoms with van der Waals surface area (Å²) in [4.78, 5) is 15.6. The van der Waals surface area contributed by atoms with Gasteiger partial charge in [0.2, 0.25) is 5.91 Å². The van der Waals surface area contributed by atoms with Crippen molar-refractivity contribution in [2.24, 2.45) is 0 Å². The van der Waals surface area contributed by atoms with E-state index in [1.165, 1.54) is 10.5 Å². The average Bonchev–Trinajstić information content (AvgIpc) is 2.84. The van der Waals surface area contributed by atoms with Gasteiger partial charge in [0.05, 0.1) is 13.2 Å². The van der Waals surface area contributed by atoms with Crippen LogP contribution in [0.25, 0.3) is 0 Å². The summed E-state index contributed by atoms with van der Waals surface area (Å²) in [6.45, 7) is 5.47. The number of carbonyl (C=O) groups is 1. The molecule has 1 aromatic heterocycles. The van der Waals surface area contributed by atoms with E-state index in [9.17, 15) is 4.79 Å². The molecule has 1 aliphatic heterocycles. The molecule has 0 saturated carbocycles. The molecule has 0 spiro atoms. The van der Waals surface area contributed by atoms with Gasteiger partial charge in [-0.25, -0.2) is 0 Å². The average molecular weight is 280 g/mol. The SMILES string of the molecule is COCCN(Cc1cccs1)C(=O)C(C)=C1CNC1. The molecule has 1 saturated heterocycles. The van der Waals surface area contributed by atoms with Gasteiger partial charge in [-0.05, 0) is 23.9 Å². The van der Waals surface area contributed by atoms with Crippen LogP contribution < -0.4 is 5.32 Å². The smallest absolute Gasteiger partial charge is 0.249 e. The fourth-order valence-electron chi connectivity index (χ4n) is 1.95. The molecule has 4 nitrogen and oxygen atoms in total. The van der Waals surface area contributed by atoms with E-state index < -0.39 is 0 Å². The highest BCUT2D eigenvalue weighted by atomic mass is 32.1. The lowest BCUT2D eigenvalue weighted by molar-refractivity contribution is -0.128. The fourth-order valence-corrected chi connectivity index (χ4v) is 2.67. The second-order valence-corrected chi connectivity index (χ2v) is 5.66. The predicted molar refractivity (Wildman–Crippen MR) is 77.2 cm³/mol. The predicted octanol–water partition coefficient (Wildman–Crippen LogP) is 1.64. The standard InChI is InChI=1S/C14H20N2O2S/c1-11(12-8-15-9-12)14(17)16(5-6-18-2)10-13-4-3-7-19-13/h3-4,7,15H,5-6,8-10H2,1-2H3. The largest absolute Gasteiger partial charge is 0.383 e. The lowest BCUT2D eigenvalue weighted by Crippen LogP contribution is -2.39. The van der Waals surface area contributed by atoms with Crippen LogP contribution in [-0.4, -0.2) is 44.2 Å². The summed E-state index contributed by atoms with van der Waals surface area (Å²) in [6.07, 6.45) is 0. The van der Waals surface area contributed by atoms with Crippen molar-refractivity contribution < 1.29 is 9.53 Å². The Balaban J connectivity index is 2.05. The van der Waals surface area contributed by atoms with E-state index in [0.29, 0.717) is 19.7 Å². The molecular formula is C14H20N2O2S. The van der Waals surface area contributed by atoms with E-state index in [4.69, 9.17) is 4.74 Å². The van der Waals surface area contributed by atoms with E-state index in [-0.39, 0.29) is 5.91 Å². The van der Waals surface area contributed by atoms with Crippen molar-refractivity contribution in [3.63, 3.8) is 0 Å². The molecule has 0 radical (unpaired) electrons. The van der Waals surface area contributed by atoms with Crippen LogP contribution in [0.5, 0.6) is 0 Å². The third-order valence-corrected chi connectivity index (χ3v) is 4.17. The molecule has 0 bridgehead atoms. The van der Waals surface area contributed by atoms with Crippen molar-refractivity contribution in [2.45, 2.75) is 13.5 Å². The lowest BCUT2D eigenvalue weighted by Gasteiger charge is -2.26. The maximum atomic E-state index is 12.5. The highest BCUT2D eigenvalue weighted by Crippen LogP contribution is 2.16. The number of thiophene rings is 1. The van der Waals surface area contributed by atoms with Crippen LogP contribution in [-0.2, 0) is 16.1 Å². The minimum absolute atomic E-state index is 0.127. The molecule has 2 rings (SSSR count). The first kappa shape index (κ1) is 14.2. The summed E-state index contributed by atoms with van der Waals surface area (Å²) in [5.74, 6) is 0.127. The Hall–Kier alpha value is -1.17. The molecule has 104 valence electrons. The summed E-state index contributed by atoms with van der Waals surface area (Å²) < 4.78 is 5.10.